The second kappa shape index (κ2) is 12.8. The normalized spacial score (nSPS) is 21.5. The third-order valence-electron chi connectivity index (χ3n) is 6.04. The molecule has 1 fully saturated rings. The smallest absolute Gasteiger partial charge is 0.434 e. The minimum absolute atomic E-state index is 0.00768. The van der Waals surface area contributed by atoms with Gasteiger partial charge in [0.2, 0.25) is 0 Å². The molecule has 10 heteroatoms. The summed E-state index contributed by atoms with van der Waals surface area (Å²) in [6, 6.07) is 0. The van der Waals surface area contributed by atoms with Gasteiger partial charge in [0.25, 0.3) is 6.10 Å². The Bertz CT molecular complexity index is 588. The summed E-state index contributed by atoms with van der Waals surface area (Å²) in [5, 5.41) is 0. The Morgan fingerprint density at radius 3 is 1.52 bits per heavy atom. The lowest BCUT2D eigenvalue weighted by molar-refractivity contribution is -0.314. The summed E-state index contributed by atoms with van der Waals surface area (Å²) in [6.45, 7) is 13.5. The molecule has 0 heterocycles. The van der Waals surface area contributed by atoms with Crippen LogP contribution >= 0.6 is 0 Å². The minimum atomic E-state index is -5.65. The summed E-state index contributed by atoms with van der Waals surface area (Å²) in [7, 11) is 0. The van der Waals surface area contributed by atoms with Gasteiger partial charge in [-0.25, -0.2) is 0 Å². The third-order valence-corrected chi connectivity index (χ3v) is 6.04. The predicted octanol–water partition coefficient (Wildman–Crippen LogP) is 7.25. The fourth-order valence-electron chi connectivity index (χ4n) is 3.21. The maximum Gasteiger partial charge on any atom is 0.434 e. The van der Waals surface area contributed by atoms with E-state index in [4.69, 9.17) is 4.74 Å². The molecular formula is C23H38F6O4. The monoisotopic (exact) mass is 492 g/mol. The molecule has 196 valence electrons. The summed E-state index contributed by atoms with van der Waals surface area (Å²) in [5.41, 5.74) is 0.395. The molecule has 2 unspecified atom stereocenters. The minimum Gasteiger partial charge on any atom is -0.462 e. The first kappa shape index (κ1) is 31.5. The van der Waals surface area contributed by atoms with Crippen LogP contribution in [0.3, 0.4) is 0 Å². The maximum atomic E-state index is 11.9. The van der Waals surface area contributed by atoms with E-state index in [-0.39, 0.29) is 24.4 Å². The van der Waals surface area contributed by atoms with Crippen LogP contribution in [0.1, 0.15) is 87.0 Å². The van der Waals surface area contributed by atoms with Crippen molar-refractivity contribution in [1.82, 2.24) is 0 Å². The number of alkyl halides is 6. The van der Waals surface area contributed by atoms with Gasteiger partial charge in [-0.3, -0.25) is 9.59 Å². The van der Waals surface area contributed by atoms with Gasteiger partial charge in [-0.15, -0.1) is 0 Å². The topological polar surface area (TPSA) is 52.6 Å². The van der Waals surface area contributed by atoms with Crippen molar-refractivity contribution in [3.63, 3.8) is 0 Å². The van der Waals surface area contributed by atoms with Crippen molar-refractivity contribution in [2.75, 3.05) is 0 Å². The van der Waals surface area contributed by atoms with Crippen LogP contribution in [0.15, 0.2) is 0 Å². The lowest BCUT2D eigenvalue weighted by atomic mass is 9.72. The molecule has 2 atom stereocenters. The van der Waals surface area contributed by atoms with E-state index in [0.29, 0.717) is 5.41 Å². The van der Waals surface area contributed by atoms with Crippen LogP contribution < -0.4 is 0 Å². The second-order valence-electron chi connectivity index (χ2n) is 9.80. The highest BCUT2D eigenvalue weighted by Crippen LogP contribution is 2.39. The van der Waals surface area contributed by atoms with Gasteiger partial charge in [0, 0.05) is 0 Å². The van der Waals surface area contributed by atoms with Crippen molar-refractivity contribution in [3.8, 4) is 0 Å². The van der Waals surface area contributed by atoms with E-state index in [1.165, 1.54) is 26.7 Å². The molecule has 0 spiro atoms. The van der Waals surface area contributed by atoms with Gasteiger partial charge in [0.1, 0.15) is 6.10 Å². The van der Waals surface area contributed by atoms with Crippen LogP contribution in [-0.2, 0) is 19.1 Å². The zero-order valence-corrected chi connectivity index (χ0v) is 20.5. The highest BCUT2D eigenvalue weighted by Gasteiger charge is 2.60. The molecular weight excluding hydrogens is 454 g/mol. The molecule has 0 saturated heterocycles. The zero-order valence-electron chi connectivity index (χ0n) is 20.5. The SMILES string of the molecule is CCC(C)C(=O)OC(C(F)(F)F)C(F)(F)F.CCC(C)C(=O)OC1CCC(C(C)(C)C)CC1. The number of hydrogen-bond acceptors (Lipinski definition) is 4. The molecule has 1 saturated carbocycles. The number of halogens is 6. The Labute approximate surface area is 192 Å². The summed E-state index contributed by atoms with van der Waals surface area (Å²) in [6.07, 6.45) is -9.73. The summed E-state index contributed by atoms with van der Waals surface area (Å²) >= 11 is 0. The Kier molecular flexibility index (Phi) is 12.3. The zero-order chi connectivity index (χ0) is 26.2. The van der Waals surface area contributed by atoms with Crippen LogP contribution in [0, 0.1) is 23.2 Å². The van der Waals surface area contributed by atoms with Crippen molar-refractivity contribution in [1.29, 1.82) is 0 Å². The molecule has 0 bridgehead atoms. The van der Waals surface area contributed by atoms with Crippen LogP contribution in [0.4, 0.5) is 26.3 Å². The fraction of sp³-hybridized carbons (Fsp3) is 0.913. The van der Waals surface area contributed by atoms with E-state index in [9.17, 15) is 35.9 Å². The van der Waals surface area contributed by atoms with Gasteiger partial charge >= 0.3 is 24.3 Å². The molecule has 1 aliphatic carbocycles. The quantitative estimate of drug-likeness (QED) is 0.289. The molecule has 1 aliphatic rings. The van der Waals surface area contributed by atoms with Gasteiger partial charge in [0.05, 0.1) is 11.8 Å². The maximum absolute atomic E-state index is 11.9. The molecule has 4 nitrogen and oxygen atoms in total. The number of carbonyl (C=O) groups excluding carboxylic acids is 2. The fourth-order valence-corrected chi connectivity index (χ4v) is 3.21. The average molecular weight is 493 g/mol. The number of esters is 2. The number of rotatable bonds is 6. The van der Waals surface area contributed by atoms with Crippen LogP contribution in [-0.4, -0.2) is 36.5 Å². The van der Waals surface area contributed by atoms with E-state index in [0.717, 1.165) is 25.2 Å². The Morgan fingerprint density at radius 2 is 1.18 bits per heavy atom. The number of ether oxygens (including phenoxy) is 2. The van der Waals surface area contributed by atoms with Gasteiger partial charge in [-0.1, -0.05) is 48.5 Å². The highest BCUT2D eigenvalue weighted by molar-refractivity contribution is 5.72. The van der Waals surface area contributed by atoms with E-state index in [1.807, 2.05) is 13.8 Å². The third kappa shape index (κ3) is 11.5. The van der Waals surface area contributed by atoms with Gasteiger partial charge in [0.15, 0.2) is 0 Å². The van der Waals surface area contributed by atoms with Crippen LogP contribution in [0.2, 0.25) is 0 Å². The van der Waals surface area contributed by atoms with Crippen LogP contribution in [0.25, 0.3) is 0 Å². The van der Waals surface area contributed by atoms with E-state index in [1.54, 1.807) is 0 Å². The Balaban J connectivity index is 0.000000622. The molecule has 0 aromatic carbocycles. The van der Waals surface area contributed by atoms with Gasteiger partial charge in [-0.2, -0.15) is 26.3 Å². The summed E-state index contributed by atoms with van der Waals surface area (Å²) < 4.78 is 80.7. The van der Waals surface area contributed by atoms with Crippen molar-refractivity contribution >= 4 is 11.9 Å². The van der Waals surface area contributed by atoms with Crippen molar-refractivity contribution < 1.29 is 45.4 Å². The largest absolute Gasteiger partial charge is 0.462 e. The van der Waals surface area contributed by atoms with E-state index >= 15 is 0 Å². The second-order valence-corrected chi connectivity index (χ2v) is 9.80. The van der Waals surface area contributed by atoms with Gasteiger partial charge < -0.3 is 9.47 Å². The molecule has 0 radical (unpaired) electrons. The Hall–Kier alpha value is -1.48. The summed E-state index contributed by atoms with van der Waals surface area (Å²) in [5.74, 6) is -1.70. The molecule has 33 heavy (non-hydrogen) atoms. The molecule has 0 amide bonds. The van der Waals surface area contributed by atoms with E-state index < -0.39 is 30.3 Å². The first-order chi connectivity index (χ1) is 14.8. The van der Waals surface area contributed by atoms with Crippen LogP contribution in [0.5, 0.6) is 0 Å². The predicted molar refractivity (Wildman–Crippen MR) is 112 cm³/mol. The standard InChI is InChI=1S/C15H28O2.C8H10F6O2/c1-6-11(2)14(16)17-13-9-7-12(8-10-13)15(3,4)5;1-3-4(2)5(15)16-6(7(9,10)11)8(12,13)14/h11-13H,6-10H2,1-5H3;4,6H,3H2,1-2H3. The molecule has 0 N–H and O–H groups in total. The lowest BCUT2D eigenvalue weighted by Crippen LogP contribution is -2.46. The number of hydrogen-bond donors (Lipinski definition) is 0. The Morgan fingerprint density at radius 1 is 0.788 bits per heavy atom. The number of carbonyl (C=O) groups is 2. The first-order valence-corrected chi connectivity index (χ1v) is 11.4. The molecule has 1 rings (SSSR count). The molecule has 0 aromatic heterocycles. The van der Waals surface area contributed by atoms with E-state index in [2.05, 4.69) is 25.5 Å². The van der Waals surface area contributed by atoms with Gasteiger partial charge in [-0.05, 0) is 49.9 Å². The van der Waals surface area contributed by atoms with Crippen molar-refractivity contribution in [3.05, 3.63) is 0 Å². The lowest BCUT2D eigenvalue weighted by Gasteiger charge is -2.36. The highest BCUT2D eigenvalue weighted by atomic mass is 19.4. The van der Waals surface area contributed by atoms with Crippen molar-refractivity contribution in [2.45, 2.75) is 112 Å². The molecule has 0 aromatic rings. The first-order valence-electron chi connectivity index (χ1n) is 11.4. The summed E-state index contributed by atoms with van der Waals surface area (Å²) in [4.78, 5) is 22.6. The molecule has 0 aliphatic heterocycles. The average Bonchev–Trinajstić information content (AvgIpc) is 2.68. The van der Waals surface area contributed by atoms with Crippen molar-refractivity contribution in [2.24, 2.45) is 23.2 Å².